The van der Waals surface area contributed by atoms with Gasteiger partial charge in [0, 0.05) is 0 Å². The zero-order valence-electron chi connectivity index (χ0n) is 5.80. The van der Waals surface area contributed by atoms with Crippen molar-refractivity contribution in [1.29, 1.82) is 0 Å². The molecular weight excluding hydrogens is 114 g/mol. The van der Waals surface area contributed by atoms with Crippen molar-refractivity contribution in [2.75, 3.05) is 0 Å². The van der Waals surface area contributed by atoms with Crippen LogP contribution in [0.1, 0.15) is 6.92 Å². The van der Waals surface area contributed by atoms with E-state index in [4.69, 9.17) is 17.2 Å². The summed E-state index contributed by atoms with van der Waals surface area (Å²) < 4.78 is 0. The van der Waals surface area contributed by atoms with Gasteiger partial charge in [0.05, 0.1) is 0 Å². The molecule has 0 amide bonds. The maximum Gasteiger partial charge on any atom is 0.135 e. The van der Waals surface area contributed by atoms with Crippen LogP contribution in [0.15, 0.2) is 25.3 Å². The molecule has 0 fully saturated rings. The molecule has 9 heavy (non-hydrogen) atoms. The second-order valence-corrected chi connectivity index (χ2v) is 1.61. The Balaban J connectivity index is 0. The average Bonchev–Trinajstić information content (AvgIpc) is 1.67. The zero-order chi connectivity index (χ0) is 7.91. The first-order valence-corrected chi connectivity index (χ1v) is 2.55. The summed E-state index contributed by atoms with van der Waals surface area (Å²) in [7, 11) is 0. The van der Waals surface area contributed by atoms with Gasteiger partial charge in [-0.15, -0.1) is 6.58 Å². The van der Waals surface area contributed by atoms with E-state index in [2.05, 4.69) is 13.2 Å². The van der Waals surface area contributed by atoms with E-state index in [0.29, 0.717) is 0 Å². The summed E-state index contributed by atoms with van der Waals surface area (Å²) in [6.45, 7) is 8.51. The molecule has 0 spiro atoms. The van der Waals surface area contributed by atoms with Gasteiger partial charge in [0.2, 0.25) is 0 Å². The number of rotatable bonds is 1. The smallest absolute Gasteiger partial charge is 0.135 e. The first kappa shape index (κ1) is 11.2. The van der Waals surface area contributed by atoms with Crippen LogP contribution in [-0.4, -0.2) is 5.79 Å². The highest BCUT2D eigenvalue weighted by Gasteiger charge is 2.00. The lowest BCUT2D eigenvalue weighted by atomic mass is 10.4. The Morgan fingerprint density at radius 3 is 1.33 bits per heavy atom. The fraction of sp³-hybridized carbons (Fsp3) is 0.333. The number of hydrogen-bond acceptors (Lipinski definition) is 3. The fourth-order valence-electron chi connectivity index (χ4n) is 0. The second kappa shape index (κ2) is 5.50. The highest BCUT2D eigenvalue weighted by molar-refractivity contribution is 4.88. The molecule has 0 unspecified atom stereocenters. The van der Waals surface area contributed by atoms with Crippen molar-refractivity contribution in [3.63, 3.8) is 0 Å². The van der Waals surface area contributed by atoms with Gasteiger partial charge < -0.3 is 0 Å². The van der Waals surface area contributed by atoms with Gasteiger partial charge in [0.15, 0.2) is 0 Å². The van der Waals surface area contributed by atoms with Crippen LogP contribution in [0.25, 0.3) is 0 Å². The molecule has 3 nitrogen and oxygen atoms in total. The van der Waals surface area contributed by atoms with Gasteiger partial charge in [-0.2, -0.15) is 0 Å². The summed E-state index contributed by atoms with van der Waals surface area (Å²) in [6, 6.07) is 0. The van der Waals surface area contributed by atoms with E-state index in [1.807, 2.05) is 6.92 Å². The Labute approximate surface area is 56.2 Å². The molecule has 6 N–H and O–H groups in total. The Morgan fingerprint density at radius 1 is 1.22 bits per heavy atom. The molecular formula is C6H15N3. The van der Waals surface area contributed by atoms with E-state index in [0.717, 1.165) is 0 Å². The lowest BCUT2D eigenvalue weighted by molar-refractivity contribution is 0.584. The van der Waals surface area contributed by atoms with Crippen LogP contribution in [0.4, 0.5) is 0 Å². The first-order chi connectivity index (χ1) is 3.97. The van der Waals surface area contributed by atoms with Gasteiger partial charge >= 0.3 is 0 Å². The lowest BCUT2D eigenvalue weighted by Crippen LogP contribution is -2.55. The molecule has 0 saturated heterocycles. The van der Waals surface area contributed by atoms with Crippen molar-refractivity contribution in [2.45, 2.75) is 12.7 Å². The molecule has 0 aliphatic rings. The molecule has 0 radical (unpaired) electrons. The minimum atomic E-state index is -1.19. The fourth-order valence-corrected chi connectivity index (χ4v) is 0. The molecule has 0 aliphatic carbocycles. The molecule has 0 aromatic carbocycles. The third-order valence-electron chi connectivity index (χ3n) is 0.354. The minimum absolute atomic E-state index is 1.19. The predicted octanol–water partition coefficient (Wildman–Crippen LogP) is -0.105. The molecule has 0 aromatic heterocycles. The highest BCUT2D eigenvalue weighted by Crippen LogP contribution is 1.71. The van der Waals surface area contributed by atoms with Crippen molar-refractivity contribution in [2.24, 2.45) is 17.2 Å². The number of nitrogens with two attached hydrogens (primary N) is 3. The van der Waals surface area contributed by atoms with Crippen LogP contribution < -0.4 is 17.2 Å². The summed E-state index contributed by atoms with van der Waals surface area (Å²) in [6.07, 6.45) is 3.02. The molecule has 0 bridgehead atoms. The number of hydrogen-bond donors (Lipinski definition) is 3. The van der Waals surface area contributed by atoms with E-state index in [1.165, 1.54) is 6.08 Å². The Bertz CT molecular complexity index is 80.8. The molecule has 0 aromatic rings. The minimum Gasteiger partial charge on any atom is -0.298 e. The molecule has 54 valence electrons. The quantitative estimate of drug-likeness (QED) is 0.341. The SMILES string of the molecule is C=CC.C=CC(N)(N)N. The van der Waals surface area contributed by atoms with Gasteiger partial charge in [-0.3, -0.25) is 17.2 Å². The number of allylic oxidation sites excluding steroid dienone is 1. The zero-order valence-corrected chi connectivity index (χ0v) is 5.80. The van der Waals surface area contributed by atoms with Crippen LogP contribution >= 0.6 is 0 Å². The molecule has 3 heteroatoms. The maximum absolute atomic E-state index is 4.97. The van der Waals surface area contributed by atoms with Gasteiger partial charge in [-0.1, -0.05) is 12.7 Å². The standard InChI is InChI=1S/C3H9N3.C3H6/c1-2-3(4,5)6;1-3-2/h2H,1,4-6H2;3H,1H2,2H3. The average molecular weight is 129 g/mol. The van der Waals surface area contributed by atoms with Gasteiger partial charge in [-0.05, 0) is 13.0 Å². The summed E-state index contributed by atoms with van der Waals surface area (Å²) in [4.78, 5) is 0. The van der Waals surface area contributed by atoms with E-state index in [-0.39, 0.29) is 0 Å². The van der Waals surface area contributed by atoms with Crippen LogP contribution in [0, 0.1) is 0 Å². The van der Waals surface area contributed by atoms with Crippen molar-refractivity contribution in [3.05, 3.63) is 25.3 Å². The van der Waals surface area contributed by atoms with E-state index in [9.17, 15) is 0 Å². The summed E-state index contributed by atoms with van der Waals surface area (Å²) in [5.41, 5.74) is 14.9. The molecule has 0 saturated carbocycles. The van der Waals surface area contributed by atoms with Crippen LogP contribution in [0.3, 0.4) is 0 Å². The van der Waals surface area contributed by atoms with Crippen molar-refractivity contribution < 1.29 is 0 Å². The largest absolute Gasteiger partial charge is 0.298 e. The third kappa shape index (κ3) is 38.0. The van der Waals surface area contributed by atoms with Crippen LogP contribution in [0.5, 0.6) is 0 Å². The molecule has 0 atom stereocenters. The van der Waals surface area contributed by atoms with Gasteiger partial charge in [0.1, 0.15) is 5.79 Å². The van der Waals surface area contributed by atoms with Crippen molar-refractivity contribution >= 4 is 0 Å². The van der Waals surface area contributed by atoms with E-state index >= 15 is 0 Å². The van der Waals surface area contributed by atoms with Gasteiger partial charge in [-0.25, -0.2) is 0 Å². The van der Waals surface area contributed by atoms with E-state index < -0.39 is 5.79 Å². The third-order valence-corrected chi connectivity index (χ3v) is 0.354. The molecule has 0 rings (SSSR count). The van der Waals surface area contributed by atoms with Crippen molar-refractivity contribution in [3.8, 4) is 0 Å². The maximum atomic E-state index is 4.97. The Hall–Kier alpha value is -0.640. The predicted molar refractivity (Wildman–Crippen MR) is 41.4 cm³/mol. The summed E-state index contributed by atoms with van der Waals surface area (Å²) in [5.74, 6) is -1.19. The normalized spacial score (nSPS) is 8.89. The Kier molecular flexibility index (Phi) is 6.84. The monoisotopic (exact) mass is 129 g/mol. The molecule has 0 aliphatic heterocycles. The van der Waals surface area contributed by atoms with E-state index in [1.54, 1.807) is 6.08 Å². The molecule has 0 heterocycles. The second-order valence-electron chi connectivity index (χ2n) is 1.61. The van der Waals surface area contributed by atoms with Gasteiger partial charge in [0.25, 0.3) is 0 Å². The first-order valence-electron chi connectivity index (χ1n) is 2.55. The van der Waals surface area contributed by atoms with Crippen LogP contribution in [-0.2, 0) is 0 Å². The van der Waals surface area contributed by atoms with Crippen molar-refractivity contribution in [1.82, 2.24) is 0 Å². The van der Waals surface area contributed by atoms with Crippen LogP contribution in [0.2, 0.25) is 0 Å². The summed E-state index contributed by atoms with van der Waals surface area (Å²) in [5, 5.41) is 0. The summed E-state index contributed by atoms with van der Waals surface area (Å²) >= 11 is 0. The Morgan fingerprint density at radius 2 is 1.33 bits per heavy atom. The lowest BCUT2D eigenvalue weighted by Gasteiger charge is -2.09. The topological polar surface area (TPSA) is 78.1 Å². The highest BCUT2D eigenvalue weighted by atomic mass is 15.1.